The Labute approximate surface area is 103 Å². The van der Waals surface area contributed by atoms with Crippen molar-refractivity contribution in [2.24, 2.45) is 5.92 Å². The number of hydrogen-bond acceptors (Lipinski definition) is 4. The lowest BCUT2D eigenvalue weighted by molar-refractivity contribution is -0.385. The van der Waals surface area contributed by atoms with E-state index in [1.807, 2.05) is 13.8 Å². The summed E-state index contributed by atoms with van der Waals surface area (Å²) in [6.45, 7) is 4.10. The summed E-state index contributed by atoms with van der Waals surface area (Å²) in [7, 11) is 0. The Bertz CT molecular complexity index is 445. The Hall–Kier alpha value is -1.56. The van der Waals surface area contributed by atoms with E-state index < -0.39 is 10.9 Å². The predicted molar refractivity (Wildman–Crippen MR) is 65.6 cm³/mol. The second-order valence-corrected chi connectivity index (χ2v) is 5.04. The van der Waals surface area contributed by atoms with Gasteiger partial charge >= 0.3 is 5.97 Å². The Kier molecular flexibility index (Phi) is 4.51. The van der Waals surface area contributed by atoms with Crippen LogP contribution < -0.4 is 0 Å². The summed E-state index contributed by atoms with van der Waals surface area (Å²) in [5, 5.41) is 19.6. The predicted octanol–water partition coefficient (Wildman–Crippen LogP) is 3.04. The highest BCUT2D eigenvalue weighted by Crippen LogP contribution is 2.27. The summed E-state index contributed by atoms with van der Waals surface area (Å²) in [5.74, 6) is 0.0270. The van der Waals surface area contributed by atoms with Gasteiger partial charge in [0, 0.05) is 16.7 Å². The Morgan fingerprint density at radius 2 is 2.18 bits per heavy atom. The molecule has 1 aromatic rings. The maximum atomic E-state index is 10.8. The van der Waals surface area contributed by atoms with E-state index in [0.717, 1.165) is 10.6 Å². The molecule has 0 heterocycles. The van der Waals surface area contributed by atoms with Crippen LogP contribution in [0.1, 0.15) is 24.2 Å². The molecular weight excluding hydrogens is 242 g/mol. The normalized spacial score (nSPS) is 10.5. The third-order valence-electron chi connectivity index (χ3n) is 1.98. The molecule has 0 amide bonds. The number of rotatable bonds is 5. The third kappa shape index (κ3) is 3.74. The topological polar surface area (TPSA) is 80.4 Å². The molecule has 92 valence electrons. The van der Waals surface area contributed by atoms with Crippen LogP contribution in [0.25, 0.3) is 0 Å². The van der Waals surface area contributed by atoms with Gasteiger partial charge in [0.15, 0.2) is 0 Å². The molecule has 17 heavy (non-hydrogen) atoms. The average Bonchev–Trinajstić information content (AvgIpc) is 2.25. The lowest BCUT2D eigenvalue weighted by Crippen LogP contribution is -2.02. The minimum atomic E-state index is -1.28. The minimum Gasteiger partial charge on any atom is -0.477 e. The molecule has 1 rings (SSSR count). The van der Waals surface area contributed by atoms with Gasteiger partial charge in [-0.1, -0.05) is 13.8 Å². The summed E-state index contributed by atoms with van der Waals surface area (Å²) in [6, 6.07) is 4.20. The fourth-order valence-corrected chi connectivity index (χ4v) is 2.08. The summed E-state index contributed by atoms with van der Waals surface area (Å²) >= 11 is 1.48. The van der Waals surface area contributed by atoms with Crippen LogP contribution in [0.3, 0.4) is 0 Å². The van der Waals surface area contributed by atoms with Crippen molar-refractivity contribution in [1.82, 2.24) is 0 Å². The Balaban J connectivity index is 3.02. The smallest absolute Gasteiger partial charge is 0.342 e. The van der Waals surface area contributed by atoms with Gasteiger partial charge in [-0.2, -0.15) is 0 Å². The first kappa shape index (κ1) is 13.5. The highest BCUT2D eigenvalue weighted by Gasteiger charge is 2.20. The molecule has 0 aliphatic rings. The number of nitro benzene ring substituents is 1. The standard InChI is InChI=1S/C11H13NO4S/c1-7(2)6-17-8-3-4-9(11(13)14)10(5-8)12(15)16/h3-5,7H,6H2,1-2H3,(H,13,14). The van der Waals surface area contributed by atoms with E-state index in [9.17, 15) is 14.9 Å². The molecule has 0 aromatic heterocycles. The van der Waals surface area contributed by atoms with Gasteiger partial charge in [0.2, 0.25) is 0 Å². The lowest BCUT2D eigenvalue weighted by atomic mass is 10.2. The molecule has 0 unspecified atom stereocenters. The van der Waals surface area contributed by atoms with E-state index in [-0.39, 0.29) is 11.3 Å². The first-order chi connectivity index (χ1) is 7.91. The molecule has 1 N–H and O–H groups in total. The molecule has 0 aliphatic carbocycles. The summed E-state index contributed by atoms with van der Waals surface area (Å²) in [4.78, 5) is 21.6. The van der Waals surface area contributed by atoms with Crippen LogP contribution >= 0.6 is 11.8 Å². The second-order valence-electron chi connectivity index (χ2n) is 3.95. The monoisotopic (exact) mass is 255 g/mol. The van der Waals surface area contributed by atoms with E-state index in [2.05, 4.69) is 0 Å². The van der Waals surface area contributed by atoms with Crippen LogP contribution in [-0.4, -0.2) is 21.8 Å². The largest absolute Gasteiger partial charge is 0.477 e. The van der Waals surface area contributed by atoms with Crippen molar-refractivity contribution in [3.05, 3.63) is 33.9 Å². The van der Waals surface area contributed by atoms with Gasteiger partial charge in [0.1, 0.15) is 5.56 Å². The SMILES string of the molecule is CC(C)CSc1ccc(C(=O)O)c([N+](=O)[O-])c1. The molecule has 6 heteroatoms. The highest BCUT2D eigenvalue weighted by molar-refractivity contribution is 7.99. The zero-order valence-electron chi connectivity index (χ0n) is 9.54. The van der Waals surface area contributed by atoms with Crippen molar-refractivity contribution < 1.29 is 14.8 Å². The van der Waals surface area contributed by atoms with Crippen LogP contribution in [0, 0.1) is 16.0 Å². The van der Waals surface area contributed by atoms with Crippen molar-refractivity contribution in [3.63, 3.8) is 0 Å². The number of hydrogen-bond donors (Lipinski definition) is 1. The molecule has 0 saturated carbocycles. The number of aromatic carboxylic acids is 1. The zero-order valence-corrected chi connectivity index (χ0v) is 10.4. The van der Waals surface area contributed by atoms with E-state index in [0.29, 0.717) is 5.92 Å². The molecule has 0 fully saturated rings. The van der Waals surface area contributed by atoms with E-state index in [1.54, 1.807) is 6.07 Å². The molecular formula is C11H13NO4S. The first-order valence-corrected chi connectivity index (χ1v) is 6.05. The van der Waals surface area contributed by atoms with Crippen molar-refractivity contribution in [3.8, 4) is 0 Å². The van der Waals surface area contributed by atoms with Crippen LogP contribution in [-0.2, 0) is 0 Å². The molecule has 5 nitrogen and oxygen atoms in total. The van der Waals surface area contributed by atoms with Gasteiger partial charge < -0.3 is 5.11 Å². The van der Waals surface area contributed by atoms with Crippen molar-refractivity contribution >= 4 is 23.4 Å². The first-order valence-electron chi connectivity index (χ1n) is 5.06. The zero-order chi connectivity index (χ0) is 13.0. The van der Waals surface area contributed by atoms with Crippen LogP contribution in [0.5, 0.6) is 0 Å². The van der Waals surface area contributed by atoms with Gasteiger partial charge in [-0.25, -0.2) is 4.79 Å². The molecule has 0 spiro atoms. The van der Waals surface area contributed by atoms with Gasteiger partial charge in [0.05, 0.1) is 4.92 Å². The van der Waals surface area contributed by atoms with Crippen LogP contribution in [0.4, 0.5) is 5.69 Å². The molecule has 1 aromatic carbocycles. The molecule has 0 radical (unpaired) electrons. The fraction of sp³-hybridized carbons (Fsp3) is 0.364. The molecule has 0 bridgehead atoms. The van der Waals surface area contributed by atoms with Gasteiger partial charge in [-0.3, -0.25) is 10.1 Å². The highest BCUT2D eigenvalue weighted by atomic mass is 32.2. The summed E-state index contributed by atoms with van der Waals surface area (Å²) in [5.41, 5.74) is -0.629. The number of thioether (sulfide) groups is 1. The van der Waals surface area contributed by atoms with Crippen molar-refractivity contribution in [1.29, 1.82) is 0 Å². The Morgan fingerprint density at radius 1 is 1.53 bits per heavy atom. The van der Waals surface area contributed by atoms with Crippen molar-refractivity contribution in [2.75, 3.05) is 5.75 Å². The number of benzene rings is 1. The van der Waals surface area contributed by atoms with Crippen LogP contribution in [0.15, 0.2) is 23.1 Å². The maximum absolute atomic E-state index is 10.8. The van der Waals surface area contributed by atoms with Gasteiger partial charge in [-0.15, -0.1) is 11.8 Å². The molecule has 0 saturated heterocycles. The molecule has 0 aliphatic heterocycles. The van der Waals surface area contributed by atoms with Crippen molar-refractivity contribution in [2.45, 2.75) is 18.7 Å². The number of nitro groups is 1. The summed E-state index contributed by atoms with van der Waals surface area (Å²) in [6.07, 6.45) is 0. The van der Waals surface area contributed by atoms with Gasteiger partial charge in [-0.05, 0) is 18.1 Å². The number of nitrogens with zero attached hydrogens (tertiary/aromatic N) is 1. The van der Waals surface area contributed by atoms with Gasteiger partial charge in [0.25, 0.3) is 5.69 Å². The van der Waals surface area contributed by atoms with Crippen LogP contribution in [0.2, 0.25) is 0 Å². The van der Waals surface area contributed by atoms with E-state index in [4.69, 9.17) is 5.11 Å². The maximum Gasteiger partial charge on any atom is 0.342 e. The number of carboxylic acids is 1. The average molecular weight is 255 g/mol. The number of carboxylic acid groups (broad SMARTS) is 1. The third-order valence-corrected chi connectivity index (χ3v) is 3.40. The number of carbonyl (C=O) groups is 1. The lowest BCUT2D eigenvalue weighted by Gasteiger charge is -2.05. The molecule has 0 atom stereocenters. The van der Waals surface area contributed by atoms with E-state index >= 15 is 0 Å². The Morgan fingerprint density at radius 3 is 2.65 bits per heavy atom. The quantitative estimate of drug-likeness (QED) is 0.497. The minimum absolute atomic E-state index is 0.274. The fourth-order valence-electron chi connectivity index (χ4n) is 1.20. The second kappa shape index (κ2) is 5.67. The summed E-state index contributed by atoms with van der Waals surface area (Å²) < 4.78 is 0. The van der Waals surface area contributed by atoms with E-state index in [1.165, 1.54) is 23.9 Å².